The summed E-state index contributed by atoms with van der Waals surface area (Å²) in [7, 11) is 0. The van der Waals surface area contributed by atoms with E-state index in [2.05, 4.69) is 21.4 Å². The molecule has 29 heavy (non-hydrogen) atoms. The fourth-order valence-corrected chi connectivity index (χ4v) is 4.23. The molecular weight excluding hydrogens is 404 g/mol. The molecule has 0 bridgehead atoms. The first-order chi connectivity index (χ1) is 14.0. The molecule has 0 fully saturated rings. The predicted molar refractivity (Wildman–Crippen MR) is 114 cm³/mol. The lowest BCUT2D eigenvalue weighted by Crippen LogP contribution is -2.13. The maximum atomic E-state index is 12.2. The lowest BCUT2D eigenvalue weighted by molar-refractivity contribution is -0.115. The molecule has 3 heterocycles. The Labute approximate surface area is 176 Å². The molecule has 3 rings (SSSR count). The van der Waals surface area contributed by atoms with Crippen molar-refractivity contribution in [2.24, 2.45) is 0 Å². The van der Waals surface area contributed by atoms with Gasteiger partial charge in [-0.3, -0.25) is 4.79 Å². The highest BCUT2D eigenvalue weighted by Gasteiger charge is 2.20. The second kappa shape index (κ2) is 9.20. The van der Waals surface area contributed by atoms with Gasteiger partial charge in [0.2, 0.25) is 5.91 Å². The van der Waals surface area contributed by atoms with Crippen molar-refractivity contribution in [1.82, 2.24) is 9.97 Å². The lowest BCUT2D eigenvalue weighted by Gasteiger charge is -2.12. The topological polar surface area (TPSA) is 128 Å². The molecule has 0 aliphatic heterocycles. The molecule has 9 heteroatoms. The van der Waals surface area contributed by atoms with Gasteiger partial charge in [-0.05, 0) is 47.0 Å². The molecule has 3 aromatic rings. The first-order valence-electron chi connectivity index (χ1n) is 8.55. The molecule has 144 valence electrons. The summed E-state index contributed by atoms with van der Waals surface area (Å²) in [5.74, 6) is 0.781. The Morgan fingerprint density at radius 3 is 2.76 bits per heavy atom. The van der Waals surface area contributed by atoms with Gasteiger partial charge in [-0.1, -0.05) is 0 Å². The van der Waals surface area contributed by atoms with Gasteiger partial charge in [0.1, 0.15) is 34.4 Å². The van der Waals surface area contributed by atoms with Gasteiger partial charge in [0.15, 0.2) is 0 Å². The number of aromatic nitrogens is 2. The number of pyridine rings is 2. The van der Waals surface area contributed by atoms with Gasteiger partial charge in [0.05, 0.1) is 5.56 Å². The molecule has 7 nitrogen and oxygen atoms in total. The van der Waals surface area contributed by atoms with Crippen LogP contribution < -0.4 is 11.1 Å². The van der Waals surface area contributed by atoms with Gasteiger partial charge in [-0.2, -0.15) is 21.9 Å². The zero-order valence-electron chi connectivity index (χ0n) is 15.5. The number of amides is 1. The van der Waals surface area contributed by atoms with Crippen LogP contribution >= 0.6 is 23.1 Å². The highest BCUT2D eigenvalue weighted by atomic mass is 32.2. The molecule has 0 saturated carbocycles. The van der Waals surface area contributed by atoms with Crippen molar-refractivity contribution in [3.05, 3.63) is 51.8 Å². The summed E-state index contributed by atoms with van der Waals surface area (Å²) >= 11 is 2.72. The number of nitrogen functional groups attached to an aromatic ring is 1. The molecule has 0 atom stereocenters. The number of nitrogens with one attached hydrogen (secondary N) is 1. The summed E-state index contributed by atoms with van der Waals surface area (Å²) in [6, 6.07) is 9.65. The Morgan fingerprint density at radius 1 is 1.31 bits per heavy atom. The number of hydrogen-bond donors (Lipinski definition) is 2. The van der Waals surface area contributed by atoms with E-state index in [0.717, 1.165) is 11.1 Å². The van der Waals surface area contributed by atoms with Gasteiger partial charge >= 0.3 is 0 Å². The van der Waals surface area contributed by atoms with E-state index >= 15 is 0 Å². The van der Waals surface area contributed by atoms with Gasteiger partial charge < -0.3 is 11.1 Å². The molecule has 3 aromatic heterocycles. The summed E-state index contributed by atoms with van der Waals surface area (Å²) < 4.78 is 0. The third-order valence-electron chi connectivity index (χ3n) is 3.98. The molecular formula is C20H16N6OS2. The van der Waals surface area contributed by atoms with E-state index in [4.69, 9.17) is 5.73 Å². The minimum atomic E-state index is -0.186. The van der Waals surface area contributed by atoms with Crippen LogP contribution in [0.2, 0.25) is 0 Å². The van der Waals surface area contributed by atoms with E-state index in [-0.39, 0.29) is 23.7 Å². The fraction of sp³-hybridized carbons (Fsp3) is 0.150. The Kier molecular flexibility index (Phi) is 6.45. The van der Waals surface area contributed by atoms with E-state index in [0.29, 0.717) is 27.7 Å². The summed E-state index contributed by atoms with van der Waals surface area (Å²) in [4.78, 5) is 20.5. The van der Waals surface area contributed by atoms with E-state index in [1.165, 1.54) is 23.1 Å². The van der Waals surface area contributed by atoms with E-state index in [1.54, 1.807) is 12.3 Å². The van der Waals surface area contributed by atoms with E-state index in [9.17, 15) is 15.3 Å². The number of nitrogens with zero attached hydrogens (tertiary/aromatic N) is 4. The number of carbonyl (C=O) groups excluding carboxylic acids is 1. The van der Waals surface area contributed by atoms with Crippen molar-refractivity contribution < 1.29 is 4.79 Å². The molecule has 1 amide bonds. The van der Waals surface area contributed by atoms with Crippen LogP contribution in [0.1, 0.15) is 23.1 Å². The number of thiophene rings is 1. The first kappa shape index (κ1) is 20.3. The van der Waals surface area contributed by atoms with Crippen molar-refractivity contribution in [1.29, 1.82) is 10.5 Å². The maximum Gasteiger partial charge on any atom is 0.226 e. The maximum absolute atomic E-state index is 12.2. The third kappa shape index (κ3) is 4.72. The number of rotatable bonds is 6. The summed E-state index contributed by atoms with van der Waals surface area (Å²) in [6.45, 7) is 1.92. The number of thioether (sulfide) groups is 1. The minimum Gasteiger partial charge on any atom is -0.383 e. The Hall–Kier alpha value is -3.40. The molecule has 0 spiro atoms. The first-order valence-corrected chi connectivity index (χ1v) is 10.5. The quantitative estimate of drug-likeness (QED) is 0.577. The number of anilines is 2. The van der Waals surface area contributed by atoms with Gasteiger partial charge in [-0.15, -0.1) is 11.8 Å². The molecule has 0 aliphatic carbocycles. The lowest BCUT2D eigenvalue weighted by atomic mass is 9.99. The molecule has 0 saturated heterocycles. The van der Waals surface area contributed by atoms with Gasteiger partial charge in [0.25, 0.3) is 0 Å². The molecule has 0 aliphatic rings. The number of hydrogen-bond acceptors (Lipinski definition) is 8. The summed E-state index contributed by atoms with van der Waals surface area (Å²) in [5.41, 5.74) is 8.69. The summed E-state index contributed by atoms with van der Waals surface area (Å²) in [6.07, 6.45) is 1.84. The van der Waals surface area contributed by atoms with Crippen LogP contribution in [-0.4, -0.2) is 21.6 Å². The largest absolute Gasteiger partial charge is 0.383 e. The van der Waals surface area contributed by atoms with Crippen LogP contribution in [0.15, 0.2) is 40.2 Å². The van der Waals surface area contributed by atoms with Crippen LogP contribution in [0.3, 0.4) is 0 Å². The average Bonchev–Trinajstić information content (AvgIpc) is 3.22. The SMILES string of the molecule is Cc1ccnc(NC(=O)CCSc2nc(N)c(C#N)c(-c3ccsc3)c2C#N)c1. The second-order valence-electron chi connectivity index (χ2n) is 6.03. The number of nitrogens with two attached hydrogens (primary N) is 1. The number of aryl methyl sites for hydroxylation is 1. The zero-order valence-corrected chi connectivity index (χ0v) is 17.1. The zero-order chi connectivity index (χ0) is 20.8. The van der Waals surface area contributed by atoms with Crippen LogP contribution in [0, 0.1) is 29.6 Å². The standard InChI is InChI=1S/C20H16N6OS2/c1-12-2-5-24-16(8-12)25-17(27)4-7-29-20-15(10-22)18(13-3-6-28-11-13)14(9-21)19(23)26-20/h2-3,5-6,8,11H,4,7H2,1H3,(H2,23,26)(H,24,25,27). The smallest absolute Gasteiger partial charge is 0.226 e. The third-order valence-corrected chi connectivity index (χ3v) is 5.64. The van der Waals surface area contributed by atoms with Crippen LogP contribution in [0.4, 0.5) is 11.6 Å². The normalized spacial score (nSPS) is 10.2. The van der Waals surface area contributed by atoms with Crippen molar-refractivity contribution in [3.8, 4) is 23.3 Å². The monoisotopic (exact) mass is 420 g/mol. The number of carbonyl (C=O) groups is 1. The van der Waals surface area contributed by atoms with Crippen LogP contribution in [0.5, 0.6) is 0 Å². The Bertz CT molecular complexity index is 1130. The Morgan fingerprint density at radius 2 is 2.10 bits per heavy atom. The fourth-order valence-electron chi connectivity index (χ4n) is 2.65. The summed E-state index contributed by atoms with van der Waals surface area (Å²) in [5, 5.41) is 26.1. The molecule has 0 unspecified atom stereocenters. The van der Waals surface area contributed by atoms with Crippen molar-refractivity contribution >= 4 is 40.6 Å². The van der Waals surface area contributed by atoms with Crippen molar-refractivity contribution in [2.75, 3.05) is 16.8 Å². The van der Waals surface area contributed by atoms with E-state index in [1.807, 2.05) is 35.9 Å². The van der Waals surface area contributed by atoms with Crippen LogP contribution in [-0.2, 0) is 4.79 Å². The molecule has 3 N–H and O–H groups in total. The average molecular weight is 421 g/mol. The molecule has 0 aromatic carbocycles. The minimum absolute atomic E-state index is 0.0728. The van der Waals surface area contributed by atoms with E-state index < -0.39 is 0 Å². The van der Waals surface area contributed by atoms with Gasteiger partial charge in [0, 0.05) is 23.9 Å². The Balaban J connectivity index is 1.77. The van der Waals surface area contributed by atoms with Crippen molar-refractivity contribution in [3.63, 3.8) is 0 Å². The second-order valence-corrected chi connectivity index (χ2v) is 7.89. The van der Waals surface area contributed by atoms with Gasteiger partial charge in [-0.25, -0.2) is 9.97 Å². The van der Waals surface area contributed by atoms with Crippen LogP contribution in [0.25, 0.3) is 11.1 Å². The highest BCUT2D eigenvalue weighted by molar-refractivity contribution is 7.99. The predicted octanol–water partition coefficient (Wildman–Crippen LogP) is 3.96. The highest BCUT2D eigenvalue weighted by Crippen LogP contribution is 2.36. The van der Waals surface area contributed by atoms with Crippen molar-refractivity contribution in [2.45, 2.75) is 18.4 Å². The number of nitriles is 2. The molecule has 0 radical (unpaired) electrons.